The Kier molecular flexibility index (Phi) is 4.77. The second-order valence-electron chi connectivity index (χ2n) is 5.08. The summed E-state index contributed by atoms with van der Waals surface area (Å²) in [6, 6.07) is 7.67. The summed E-state index contributed by atoms with van der Waals surface area (Å²) in [4.78, 5) is 10.4. The Labute approximate surface area is 119 Å². The van der Waals surface area contributed by atoms with Gasteiger partial charge < -0.3 is 5.11 Å². The summed E-state index contributed by atoms with van der Waals surface area (Å²) in [7, 11) is -3.43. The molecular formula is C14H19NO4S. The first-order valence-electron chi connectivity index (χ1n) is 6.77. The minimum atomic E-state index is -3.43. The highest BCUT2D eigenvalue weighted by atomic mass is 32.2. The van der Waals surface area contributed by atoms with E-state index in [1.165, 1.54) is 5.56 Å². The van der Waals surface area contributed by atoms with Gasteiger partial charge in [0.15, 0.2) is 0 Å². The number of benzene rings is 1. The molecule has 1 aliphatic carbocycles. The lowest BCUT2D eigenvalue weighted by Crippen LogP contribution is -2.32. The van der Waals surface area contributed by atoms with Crippen molar-refractivity contribution in [2.75, 3.05) is 5.75 Å². The summed E-state index contributed by atoms with van der Waals surface area (Å²) in [6.45, 7) is 0. The van der Waals surface area contributed by atoms with Gasteiger partial charge in [0.25, 0.3) is 0 Å². The van der Waals surface area contributed by atoms with E-state index in [9.17, 15) is 13.2 Å². The van der Waals surface area contributed by atoms with E-state index in [-0.39, 0.29) is 24.6 Å². The van der Waals surface area contributed by atoms with Crippen LogP contribution < -0.4 is 4.72 Å². The molecule has 1 aromatic rings. The molecule has 0 spiro atoms. The van der Waals surface area contributed by atoms with E-state index in [0.717, 1.165) is 24.8 Å². The van der Waals surface area contributed by atoms with Gasteiger partial charge in [0.05, 0.1) is 5.75 Å². The van der Waals surface area contributed by atoms with Crippen LogP contribution in [0.15, 0.2) is 24.3 Å². The Morgan fingerprint density at radius 3 is 2.85 bits per heavy atom. The summed E-state index contributed by atoms with van der Waals surface area (Å²) in [5.74, 6) is -1.11. The first-order chi connectivity index (χ1) is 9.48. The van der Waals surface area contributed by atoms with Crippen LogP contribution in [0.4, 0.5) is 0 Å². The van der Waals surface area contributed by atoms with E-state index in [4.69, 9.17) is 5.11 Å². The maximum Gasteiger partial charge on any atom is 0.303 e. The minimum absolute atomic E-state index is 0.123. The summed E-state index contributed by atoms with van der Waals surface area (Å²) in [5, 5.41) is 8.55. The van der Waals surface area contributed by atoms with Gasteiger partial charge in [0, 0.05) is 12.5 Å². The maximum absolute atomic E-state index is 12.0. The molecule has 0 aliphatic heterocycles. The molecule has 0 fully saturated rings. The van der Waals surface area contributed by atoms with Crippen molar-refractivity contribution in [3.8, 4) is 0 Å². The van der Waals surface area contributed by atoms with Crippen LogP contribution in [0, 0.1) is 0 Å². The van der Waals surface area contributed by atoms with Crippen LogP contribution in [0.25, 0.3) is 0 Å². The zero-order valence-corrected chi connectivity index (χ0v) is 12.0. The molecule has 0 aromatic heterocycles. The third-order valence-corrected chi connectivity index (χ3v) is 4.96. The van der Waals surface area contributed by atoms with Gasteiger partial charge in [-0.1, -0.05) is 24.3 Å². The van der Waals surface area contributed by atoms with E-state index in [0.29, 0.717) is 0 Å². The molecule has 0 saturated heterocycles. The highest BCUT2D eigenvalue weighted by molar-refractivity contribution is 7.89. The Morgan fingerprint density at radius 1 is 1.35 bits per heavy atom. The van der Waals surface area contributed by atoms with Crippen molar-refractivity contribution < 1.29 is 18.3 Å². The molecule has 0 heterocycles. The lowest BCUT2D eigenvalue weighted by Gasteiger charge is -2.26. The van der Waals surface area contributed by atoms with Crippen LogP contribution in [0.1, 0.15) is 42.9 Å². The lowest BCUT2D eigenvalue weighted by atomic mass is 9.88. The molecule has 1 atom stereocenters. The molecule has 20 heavy (non-hydrogen) atoms. The molecule has 0 radical (unpaired) electrons. The number of rotatable bonds is 6. The van der Waals surface area contributed by atoms with Crippen molar-refractivity contribution in [3.05, 3.63) is 35.4 Å². The average molecular weight is 297 g/mol. The normalized spacial score (nSPS) is 18.5. The quantitative estimate of drug-likeness (QED) is 0.839. The van der Waals surface area contributed by atoms with E-state index >= 15 is 0 Å². The average Bonchev–Trinajstić information content (AvgIpc) is 2.38. The first kappa shape index (κ1) is 15.0. The molecule has 1 aromatic carbocycles. The number of aryl methyl sites for hydroxylation is 1. The van der Waals surface area contributed by atoms with Crippen molar-refractivity contribution in [1.82, 2.24) is 4.72 Å². The van der Waals surface area contributed by atoms with Crippen molar-refractivity contribution in [2.24, 2.45) is 0 Å². The summed E-state index contributed by atoms with van der Waals surface area (Å²) in [5.41, 5.74) is 2.23. The van der Waals surface area contributed by atoms with Gasteiger partial charge in [-0.25, -0.2) is 13.1 Å². The van der Waals surface area contributed by atoms with Gasteiger partial charge in [-0.05, 0) is 36.8 Å². The van der Waals surface area contributed by atoms with Crippen LogP contribution in [-0.2, 0) is 21.2 Å². The monoisotopic (exact) mass is 297 g/mol. The van der Waals surface area contributed by atoms with E-state index in [1.807, 2.05) is 24.3 Å². The molecule has 1 unspecified atom stereocenters. The van der Waals surface area contributed by atoms with Crippen molar-refractivity contribution >= 4 is 16.0 Å². The molecule has 0 saturated carbocycles. The fourth-order valence-electron chi connectivity index (χ4n) is 2.57. The lowest BCUT2D eigenvalue weighted by molar-refractivity contribution is -0.137. The minimum Gasteiger partial charge on any atom is -0.481 e. The molecular weight excluding hydrogens is 278 g/mol. The number of hydrogen-bond donors (Lipinski definition) is 2. The number of aliphatic carboxylic acids is 1. The third-order valence-electron chi connectivity index (χ3n) is 3.49. The number of carbonyl (C=O) groups is 1. The predicted molar refractivity (Wildman–Crippen MR) is 75.9 cm³/mol. The Balaban J connectivity index is 2.01. The number of hydrogen-bond acceptors (Lipinski definition) is 3. The molecule has 0 amide bonds. The van der Waals surface area contributed by atoms with Gasteiger partial charge in [0.1, 0.15) is 0 Å². The van der Waals surface area contributed by atoms with Crippen LogP contribution in [0.3, 0.4) is 0 Å². The molecule has 2 N–H and O–H groups in total. The number of carboxylic acid groups (broad SMARTS) is 1. The molecule has 5 nitrogen and oxygen atoms in total. The summed E-state index contributed by atoms with van der Waals surface area (Å²) in [6.07, 6.45) is 2.74. The molecule has 0 bridgehead atoms. The van der Waals surface area contributed by atoms with E-state index in [1.54, 1.807) is 0 Å². The van der Waals surface area contributed by atoms with Gasteiger partial charge in [-0.15, -0.1) is 0 Å². The van der Waals surface area contributed by atoms with Crippen LogP contribution in [0.2, 0.25) is 0 Å². The number of sulfonamides is 1. The first-order valence-corrected chi connectivity index (χ1v) is 8.43. The van der Waals surface area contributed by atoms with Crippen molar-refractivity contribution in [3.63, 3.8) is 0 Å². The van der Waals surface area contributed by atoms with Crippen LogP contribution >= 0.6 is 0 Å². The predicted octanol–water partition coefficient (Wildman–Crippen LogP) is 1.85. The smallest absolute Gasteiger partial charge is 0.303 e. The second kappa shape index (κ2) is 6.37. The fraction of sp³-hybridized carbons (Fsp3) is 0.500. The Bertz CT molecular complexity index is 583. The van der Waals surface area contributed by atoms with E-state index < -0.39 is 16.0 Å². The zero-order valence-electron chi connectivity index (χ0n) is 11.2. The van der Waals surface area contributed by atoms with Crippen LogP contribution in [-0.4, -0.2) is 25.2 Å². The highest BCUT2D eigenvalue weighted by Gasteiger charge is 2.24. The zero-order chi connectivity index (χ0) is 14.6. The molecule has 6 heteroatoms. The largest absolute Gasteiger partial charge is 0.481 e. The Hall–Kier alpha value is -1.40. The van der Waals surface area contributed by atoms with E-state index in [2.05, 4.69) is 4.72 Å². The number of nitrogens with one attached hydrogen (secondary N) is 1. The number of fused-ring (bicyclic) bond motifs is 1. The molecule has 110 valence electrons. The van der Waals surface area contributed by atoms with Gasteiger partial charge in [0.2, 0.25) is 10.0 Å². The fourth-order valence-corrected chi connectivity index (χ4v) is 3.89. The molecule has 1 aliphatic rings. The van der Waals surface area contributed by atoms with Gasteiger partial charge >= 0.3 is 5.97 Å². The molecule has 2 rings (SSSR count). The topological polar surface area (TPSA) is 83.5 Å². The standard InChI is InChI=1S/C14H19NO4S/c16-14(17)9-4-10-20(18,19)15-13-8-3-6-11-5-1-2-7-12(11)13/h1-2,5,7,13,15H,3-4,6,8-10H2,(H,16,17). The second-order valence-corrected chi connectivity index (χ2v) is 6.95. The Morgan fingerprint density at radius 2 is 2.10 bits per heavy atom. The third kappa shape index (κ3) is 4.05. The SMILES string of the molecule is O=C(O)CCCS(=O)(=O)NC1CCCc2ccccc21. The van der Waals surface area contributed by atoms with Crippen molar-refractivity contribution in [1.29, 1.82) is 0 Å². The van der Waals surface area contributed by atoms with Gasteiger partial charge in [-0.2, -0.15) is 0 Å². The number of carboxylic acids is 1. The van der Waals surface area contributed by atoms with Crippen LogP contribution in [0.5, 0.6) is 0 Å². The summed E-state index contributed by atoms with van der Waals surface area (Å²) < 4.78 is 26.7. The maximum atomic E-state index is 12.0. The van der Waals surface area contributed by atoms with Crippen molar-refractivity contribution in [2.45, 2.75) is 38.1 Å². The summed E-state index contributed by atoms with van der Waals surface area (Å²) >= 11 is 0. The highest BCUT2D eigenvalue weighted by Crippen LogP contribution is 2.29. The van der Waals surface area contributed by atoms with Gasteiger partial charge in [-0.3, -0.25) is 4.79 Å².